The molecule has 1 atom stereocenters. The number of sulfonamides is 1. The van der Waals surface area contributed by atoms with E-state index in [0.717, 1.165) is 42.8 Å². The van der Waals surface area contributed by atoms with Crippen LogP contribution in [0.2, 0.25) is 0 Å². The van der Waals surface area contributed by atoms with Crippen molar-refractivity contribution < 1.29 is 13.2 Å². The highest BCUT2D eigenvalue weighted by Gasteiger charge is 2.22. The lowest BCUT2D eigenvalue weighted by molar-refractivity contribution is 0.102. The Labute approximate surface area is 182 Å². The van der Waals surface area contributed by atoms with Crippen molar-refractivity contribution in [3.8, 4) is 0 Å². The minimum Gasteiger partial charge on any atom is -0.300 e. The number of carbonyl (C=O) groups is 1. The van der Waals surface area contributed by atoms with E-state index in [1.54, 1.807) is 12.1 Å². The fraction of sp³-hybridized carbons (Fsp3) is 0.550. The molecular weight excluding hydrogens is 422 g/mol. The first-order valence-corrected chi connectivity index (χ1v) is 12.6. The molecule has 1 aliphatic heterocycles. The summed E-state index contributed by atoms with van der Waals surface area (Å²) in [5.41, 5.74) is 1.52. The van der Waals surface area contributed by atoms with Crippen molar-refractivity contribution >= 4 is 32.4 Å². The number of amides is 1. The molecule has 1 unspecified atom stereocenters. The van der Waals surface area contributed by atoms with Crippen LogP contribution in [0.4, 0.5) is 5.13 Å². The molecule has 0 bridgehead atoms. The lowest BCUT2D eigenvalue weighted by atomic mass is 10.00. The van der Waals surface area contributed by atoms with Crippen LogP contribution in [-0.2, 0) is 10.0 Å². The Hall–Kier alpha value is -1.88. The van der Waals surface area contributed by atoms with Gasteiger partial charge in [-0.25, -0.2) is 13.1 Å². The van der Waals surface area contributed by atoms with E-state index >= 15 is 0 Å². The van der Waals surface area contributed by atoms with Gasteiger partial charge in [-0.15, -0.1) is 10.2 Å². The van der Waals surface area contributed by atoms with E-state index in [2.05, 4.69) is 32.1 Å². The smallest absolute Gasteiger partial charge is 0.269 e. The van der Waals surface area contributed by atoms with Crippen molar-refractivity contribution in [1.82, 2.24) is 19.8 Å². The Morgan fingerprint density at radius 3 is 2.73 bits per heavy atom. The van der Waals surface area contributed by atoms with Crippen molar-refractivity contribution in [2.75, 3.05) is 25.0 Å². The molecule has 8 nitrogen and oxygen atoms in total. The van der Waals surface area contributed by atoms with Gasteiger partial charge in [0, 0.05) is 18.2 Å². The van der Waals surface area contributed by atoms with Crippen molar-refractivity contribution in [1.29, 1.82) is 0 Å². The van der Waals surface area contributed by atoms with Gasteiger partial charge in [-0.1, -0.05) is 42.4 Å². The molecule has 2 aromatic rings. The van der Waals surface area contributed by atoms with E-state index < -0.39 is 10.0 Å². The number of aromatic nitrogens is 2. The molecule has 0 spiro atoms. The van der Waals surface area contributed by atoms with Crippen molar-refractivity contribution in [2.45, 2.75) is 56.3 Å². The van der Waals surface area contributed by atoms with Crippen molar-refractivity contribution in [2.24, 2.45) is 0 Å². The first-order chi connectivity index (χ1) is 14.4. The highest BCUT2D eigenvalue weighted by Crippen LogP contribution is 2.21. The molecule has 0 aliphatic carbocycles. The summed E-state index contributed by atoms with van der Waals surface area (Å²) in [5, 5.41) is 10.3. The number of anilines is 1. The zero-order chi connectivity index (χ0) is 21.6. The molecule has 1 aliphatic rings. The number of benzene rings is 1. The molecule has 2 heterocycles. The third kappa shape index (κ3) is 6.07. The maximum Gasteiger partial charge on any atom is 0.269 e. The summed E-state index contributed by atoms with van der Waals surface area (Å²) in [6, 6.07) is 7.69. The van der Waals surface area contributed by atoms with Crippen LogP contribution in [0.3, 0.4) is 0 Å². The van der Waals surface area contributed by atoms with E-state index in [4.69, 9.17) is 0 Å². The number of likely N-dealkylation sites (tertiary alicyclic amines) is 1. The molecule has 1 saturated heterocycles. The van der Waals surface area contributed by atoms with Gasteiger partial charge in [0.15, 0.2) is 0 Å². The average molecular weight is 452 g/mol. The second kappa shape index (κ2) is 10.4. The van der Waals surface area contributed by atoms with Gasteiger partial charge < -0.3 is 4.90 Å². The third-order valence-electron chi connectivity index (χ3n) is 5.31. The summed E-state index contributed by atoms with van der Waals surface area (Å²) in [6.07, 6.45) is 5.59. The SMILES string of the molecule is CCC1CCCCN1CCCNS(=O)(=O)c1nnc(NC(=O)c2ccc(C)cc2)s1. The zero-order valence-electron chi connectivity index (χ0n) is 17.4. The van der Waals surface area contributed by atoms with Gasteiger partial charge in [0.2, 0.25) is 9.47 Å². The van der Waals surface area contributed by atoms with Crippen LogP contribution in [0.15, 0.2) is 28.6 Å². The average Bonchev–Trinajstić information content (AvgIpc) is 3.21. The van der Waals surface area contributed by atoms with E-state index in [-0.39, 0.29) is 15.4 Å². The number of aryl methyl sites for hydroxylation is 1. The van der Waals surface area contributed by atoms with Gasteiger partial charge >= 0.3 is 0 Å². The Morgan fingerprint density at radius 2 is 2.00 bits per heavy atom. The Morgan fingerprint density at radius 1 is 1.23 bits per heavy atom. The molecule has 2 N–H and O–H groups in total. The van der Waals surface area contributed by atoms with E-state index in [9.17, 15) is 13.2 Å². The van der Waals surface area contributed by atoms with Gasteiger partial charge in [0.05, 0.1) is 0 Å². The van der Waals surface area contributed by atoms with Crippen LogP contribution in [-0.4, -0.2) is 55.1 Å². The Bertz CT molecular complexity index is 944. The third-order valence-corrected chi connectivity index (χ3v) is 7.97. The molecule has 10 heteroatoms. The first kappa shape index (κ1) is 22.8. The molecule has 164 valence electrons. The standard InChI is InChI=1S/C20H29N5O3S2/c1-3-17-7-4-5-13-25(17)14-6-12-21-30(27,28)20-24-23-19(29-20)22-18(26)16-10-8-15(2)9-11-16/h8-11,17,21H,3-7,12-14H2,1-2H3,(H,22,23,26). The largest absolute Gasteiger partial charge is 0.300 e. The van der Waals surface area contributed by atoms with Crippen LogP contribution in [0, 0.1) is 6.92 Å². The summed E-state index contributed by atoms with van der Waals surface area (Å²) < 4.78 is 27.4. The first-order valence-electron chi connectivity index (χ1n) is 10.3. The quantitative estimate of drug-likeness (QED) is 0.449. The fourth-order valence-electron chi connectivity index (χ4n) is 3.61. The Kier molecular flexibility index (Phi) is 7.93. The summed E-state index contributed by atoms with van der Waals surface area (Å²) >= 11 is 0.841. The van der Waals surface area contributed by atoms with Gasteiger partial charge in [0.25, 0.3) is 15.9 Å². The number of rotatable bonds is 9. The number of carbonyl (C=O) groups excluding carboxylic acids is 1. The number of nitrogens with one attached hydrogen (secondary N) is 2. The highest BCUT2D eigenvalue weighted by atomic mass is 32.2. The second-order valence-corrected chi connectivity index (χ2v) is 10.5. The maximum absolute atomic E-state index is 12.5. The molecule has 1 amide bonds. The van der Waals surface area contributed by atoms with Gasteiger partial charge in [-0.05, 0) is 57.8 Å². The molecule has 1 aromatic heterocycles. The fourth-order valence-corrected chi connectivity index (χ4v) is 5.62. The number of piperidine rings is 1. The summed E-state index contributed by atoms with van der Waals surface area (Å²) in [5.74, 6) is -0.352. The molecular formula is C20H29N5O3S2. The van der Waals surface area contributed by atoms with Crippen LogP contribution in [0.5, 0.6) is 0 Å². The minimum atomic E-state index is -3.74. The van der Waals surface area contributed by atoms with Crippen LogP contribution < -0.4 is 10.0 Å². The highest BCUT2D eigenvalue weighted by molar-refractivity contribution is 7.91. The van der Waals surface area contributed by atoms with Gasteiger partial charge in [-0.2, -0.15) is 0 Å². The molecule has 1 aromatic carbocycles. The zero-order valence-corrected chi connectivity index (χ0v) is 19.1. The number of nitrogens with zero attached hydrogens (tertiary/aromatic N) is 3. The van der Waals surface area contributed by atoms with E-state index in [1.807, 2.05) is 19.1 Å². The lowest BCUT2D eigenvalue weighted by Gasteiger charge is -2.35. The van der Waals surface area contributed by atoms with Crippen LogP contribution >= 0.6 is 11.3 Å². The second-order valence-electron chi connectivity index (χ2n) is 7.54. The summed E-state index contributed by atoms with van der Waals surface area (Å²) in [7, 11) is -3.74. The molecule has 30 heavy (non-hydrogen) atoms. The molecule has 0 saturated carbocycles. The van der Waals surface area contributed by atoms with Crippen molar-refractivity contribution in [3.05, 3.63) is 35.4 Å². The topological polar surface area (TPSA) is 104 Å². The summed E-state index contributed by atoms with van der Waals surface area (Å²) in [4.78, 5) is 14.7. The minimum absolute atomic E-state index is 0.147. The monoisotopic (exact) mass is 451 g/mol. The van der Waals surface area contributed by atoms with Crippen molar-refractivity contribution in [3.63, 3.8) is 0 Å². The normalized spacial score (nSPS) is 17.7. The van der Waals surface area contributed by atoms with Gasteiger partial charge in [0.1, 0.15) is 0 Å². The van der Waals surface area contributed by atoms with Crippen LogP contribution in [0.1, 0.15) is 54.9 Å². The lowest BCUT2D eigenvalue weighted by Crippen LogP contribution is -2.40. The molecule has 3 rings (SSSR count). The summed E-state index contributed by atoms with van der Waals surface area (Å²) in [6.45, 7) is 6.46. The van der Waals surface area contributed by atoms with Gasteiger partial charge in [-0.3, -0.25) is 10.1 Å². The van der Waals surface area contributed by atoms with Crippen LogP contribution in [0.25, 0.3) is 0 Å². The van der Waals surface area contributed by atoms with E-state index in [0.29, 0.717) is 18.2 Å². The molecule has 0 radical (unpaired) electrons. The number of hydrogen-bond acceptors (Lipinski definition) is 7. The number of hydrogen-bond donors (Lipinski definition) is 2. The van der Waals surface area contributed by atoms with E-state index in [1.165, 1.54) is 19.3 Å². The predicted molar refractivity (Wildman–Crippen MR) is 118 cm³/mol. The Balaban J connectivity index is 1.49. The maximum atomic E-state index is 12.5. The molecule has 1 fully saturated rings. The predicted octanol–water partition coefficient (Wildman–Crippen LogP) is 3.03.